The molecule has 0 aliphatic heterocycles. The summed E-state index contributed by atoms with van der Waals surface area (Å²) in [7, 11) is 0. The highest BCUT2D eigenvalue weighted by Crippen LogP contribution is 2.29. The molecule has 0 radical (unpaired) electrons. The van der Waals surface area contributed by atoms with Crippen molar-refractivity contribution in [2.75, 3.05) is 10.6 Å². The van der Waals surface area contributed by atoms with Crippen LogP contribution < -0.4 is 21.6 Å². The molecule has 2 amide bonds. The zero-order chi connectivity index (χ0) is 21.6. The lowest BCUT2D eigenvalue weighted by atomic mass is 10.1. The summed E-state index contributed by atoms with van der Waals surface area (Å²) in [5, 5.41) is 9.47. The summed E-state index contributed by atoms with van der Waals surface area (Å²) in [5.74, 6) is 0. The fraction of sp³-hybridized carbons (Fsp3) is 0.120. The maximum atomic E-state index is 12.7. The zero-order valence-corrected chi connectivity index (χ0v) is 17.1. The van der Waals surface area contributed by atoms with E-state index in [9.17, 15) is 9.59 Å². The molecule has 3 N–H and O–H groups in total. The molecular formula is C25H23N3O3. The number of carbonyl (C=O) groups excluding carboxylic acids is 1. The van der Waals surface area contributed by atoms with Crippen LogP contribution in [0.1, 0.15) is 16.7 Å². The molecule has 1 heterocycles. The van der Waals surface area contributed by atoms with E-state index < -0.39 is 11.7 Å². The largest absolute Gasteiger partial charge is 0.421 e. The second-order valence-corrected chi connectivity index (χ2v) is 7.27. The molecule has 0 fully saturated rings. The van der Waals surface area contributed by atoms with Crippen molar-refractivity contribution < 1.29 is 9.21 Å². The van der Waals surface area contributed by atoms with Crippen LogP contribution in [0, 0.1) is 6.92 Å². The van der Waals surface area contributed by atoms with Gasteiger partial charge in [0.2, 0.25) is 0 Å². The van der Waals surface area contributed by atoms with Crippen molar-refractivity contribution in [1.29, 1.82) is 0 Å². The summed E-state index contributed by atoms with van der Waals surface area (Å²) in [6.07, 6.45) is 0. The molecule has 0 atom stereocenters. The summed E-state index contributed by atoms with van der Waals surface area (Å²) < 4.78 is 5.42. The molecule has 4 aromatic rings. The first-order valence-electron chi connectivity index (χ1n) is 10.0. The minimum atomic E-state index is -0.611. The Bertz CT molecular complexity index is 1250. The third-order valence-corrected chi connectivity index (χ3v) is 4.94. The lowest BCUT2D eigenvalue weighted by Gasteiger charge is -2.15. The third-order valence-electron chi connectivity index (χ3n) is 4.94. The van der Waals surface area contributed by atoms with E-state index in [4.69, 9.17) is 4.42 Å². The second kappa shape index (κ2) is 9.17. The summed E-state index contributed by atoms with van der Waals surface area (Å²) >= 11 is 0. The van der Waals surface area contributed by atoms with Crippen molar-refractivity contribution in [3.8, 4) is 0 Å². The first kappa shape index (κ1) is 20.2. The molecule has 156 valence electrons. The highest BCUT2D eigenvalue weighted by molar-refractivity contribution is 6.01. The van der Waals surface area contributed by atoms with Gasteiger partial charge in [0.25, 0.3) is 0 Å². The molecule has 0 bridgehead atoms. The average molecular weight is 413 g/mol. The minimum absolute atomic E-state index is 0.0797. The Morgan fingerprint density at radius 1 is 0.806 bits per heavy atom. The Labute approximate surface area is 179 Å². The summed E-state index contributed by atoms with van der Waals surface area (Å²) in [6.45, 7) is 2.85. The number of hydrogen-bond acceptors (Lipinski definition) is 4. The number of anilines is 2. The van der Waals surface area contributed by atoms with Crippen LogP contribution in [0.4, 0.5) is 16.2 Å². The van der Waals surface area contributed by atoms with Gasteiger partial charge in [-0.2, -0.15) is 0 Å². The highest BCUT2D eigenvalue weighted by atomic mass is 16.4. The van der Waals surface area contributed by atoms with E-state index in [0.717, 1.165) is 16.7 Å². The maximum absolute atomic E-state index is 12.7. The Morgan fingerprint density at radius 3 is 2.26 bits per heavy atom. The van der Waals surface area contributed by atoms with Gasteiger partial charge < -0.3 is 15.1 Å². The molecule has 0 aliphatic rings. The molecule has 6 heteroatoms. The monoisotopic (exact) mass is 413 g/mol. The van der Waals surface area contributed by atoms with E-state index in [2.05, 4.69) is 16.0 Å². The van der Waals surface area contributed by atoms with E-state index in [1.54, 1.807) is 12.1 Å². The van der Waals surface area contributed by atoms with Crippen molar-refractivity contribution in [2.45, 2.75) is 20.0 Å². The second-order valence-electron chi connectivity index (χ2n) is 7.27. The van der Waals surface area contributed by atoms with Gasteiger partial charge in [-0.25, -0.2) is 9.59 Å². The van der Waals surface area contributed by atoms with Crippen molar-refractivity contribution in [3.63, 3.8) is 0 Å². The van der Waals surface area contributed by atoms with Gasteiger partial charge in [-0.1, -0.05) is 72.3 Å². The number of urea groups is 1. The average Bonchev–Trinajstić information content (AvgIpc) is 2.79. The van der Waals surface area contributed by atoms with Gasteiger partial charge in [0.05, 0.1) is 5.69 Å². The summed E-state index contributed by atoms with van der Waals surface area (Å²) in [6, 6.07) is 24.4. The normalized spacial score (nSPS) is 10.6. The van der Waals surface area contributed by atoms with Crippen LogP contribution in [0.5, 0.6) is 0 Å². The molecular weight excluding hydrogens is 390 g/mol. The summed E-state index contributed by atoms with van der Waals surface area (Å²) in [5.41, 5.74) is 3.62. The molecule has 6 nitrogen and oxygen atoms in total. The molecule has 0 spiro atoms. The van der Waals surface area contributed by atoms with Crippen LogP contribution in [0.25, 0.3) is 11.0 Å². The van der Waals surface area contributed by atoms with Gasteiger partial charge in [-0.05, 0) is 30.2 Å². The van der Waals surface area contributed by atoms with Crippen LogP contribution in [0.15, 0.2) is 88.1 Å². The van der Waals surface area contributed by atoms with Crippen LogP contribution in [-0.2, 0) is 13.1 Å². The van der Waals surface area contributed by atoms with Gasteiger partial charge >= 0.3 is 11.7 Å². The van der Waals surface area contributed by atoms with E-state index in [1.165, 1.54) is 0 Å². The number of amides is 2. The fourth-order valence-corrected chi connectivity index (χ4v) is 3.28. The number of hydrogen-bond donors (Lipinski definition) is 3. The molecule has 3 aromatic carbocycles. The number of para-hydroxylation sites is 1. The SMILES string of the molecule is Cc1ccc(CNC(=O)Nc2c(NCc3ccccc3)c3ccccc3oc2=O)cc1. The topological polar surface area (TPSA) is 83.4 Å². The van der Waals surface area contributed by atoms with E-state index in [0.29, 0.717) is 29.7 Å². The molecule has 31 heavy (non-hydrogen) atoms. The van der Waals surface area contributed by atoms with E-state index in [-0.39, 0.29) is 5.69 Å². The standard InChI is InChI=1S/C25H23N3O3/c1-17-11-13-19(14-12-17)16-27-25(30)28-23-22(26-15-18-7-3-2-4-8-18)20-9-5-6-10-21(20)31-24(23)29/h2-14,26H,15-16H2,1H3,(H2,27,28,30). The van der Waals surface area contributed by atoms with Gasteiger partial charge in [-0.3, -0.25) is 5.32 Å². The maximum Gasteiger partial charge on any atom is 0.362 e. The van der Waals surface area contributed by atoms with Crippen LogP contribution >= 0.6 is 0 Å². The first-order valence-corrected chi connectivity index (χ1v) is 10.0. The molecule has 0 unspecified atom stereocenters. The lowest BCUT2D eigenvalue weighted by Crippen LogP contribution is -2.30. The Morgan fingerprint density at radius 2 is 1.48 bits per heavy atom. The Balaban J connectivity index is 1.58. The number of aryl methyl sites for hydroxylation is 1. The number of rotatable bonds is 6. The van der Waals surface area contributed by atoms with Crippen molar-refractivity contribution in [2.24, 2.45) is 0 Å². The number of carbonyl (C=O) groups is 1. The zero-order valence-electron chi connectivity index (χ0n) is 17.1. The van der Waals surface area contributed by atoms with Crippen LogP contribution in [0.2, 0.25) is 0 Å². The predicted octanol–water partition coefficient (Wildman–Crippen LogP) is 5.04. The minimum Gasteiger partial charge on any atom is -0.421 e. The molecule has 1 aromatic heterocycles. The van der Waals surface area contributed by atoms with Gasteiger partial charge in [0.15, 0.2) is 5.69 Å². The van der Waals surface area contributed by atoms with Gasteiger partial charge in [0, 0.05) is 18.5 Å². The number of fused-ring (bicyclic) bond motifs is 1. The number of benzene rings is 3. The molecule has 4 rings (SSSR count). The smallest absolute Gasteiger partial charge is 0.362 e. The summed E-state index contributed by atoms with van der Waals surface area (Å²) in [4.78, 5) is 25.2. The van der Waals surface area contributed by atoms with E-state index >= 15 is 0 Å². The first-order chi connectivity index (χ1) is 15.1. The van der Waals surface area contributed by atoms with Crippen molar-refractivity contribution >= 4 is 28.4 Å². The van der Waals surface area contributed by atoms with Gasteiger partial charge in [0.1, 0.15) is 5.58 Å². The van der Waals surface area contributed by atoms with Crippen molar-refractivity contribution in [3.05, 3.63) is 106 Å². The van der Waals surface area contributed by atoms with Crippen LogP contribution in [0.3, 0.4) is 0 Å². The molecule has 0 aliphatic carbocycles. The molecule has 0 saturated carbocycles. The fourth-order valence-electron chi connectivity index (χ4n) is 3.28. The number of nitrogens with one attached hydrogen (secondary N) is 3. The quantitative estimate of drug-likeness (QED) is 0.387. The van der Waals surface area contributed by atoms with Gasteiger partial charge in [-0.15, -0.1) is 0 Å². The molecule has 0 saturated heterocycles. The van der Waals surface area contributed by atoms with E-state index in [1.807, 2.05) is 73.7 Å². The van der Waals surface area contributed by atoms with Crippen LogP contribution in [-0.4, -0.2) is 6.03 Å². The third kappa shape index (κ3) is 4.93. The Kier molecular flexibility index (Phi) is 5.98. The van der Waals surface area contributed by atoms with Crippen molar-refractivity contribution in [1.82, 2.24) is 5.32 Å². The lowest BCUT2D eigenvalue weighted by molar-refractivity contribution is 0.251. The Hall–Kier alpha value is -4.06. The predicted molar refractivity (Wildman–Crippen MR) is 123 cm³/mol. The highest BCUT2D eigenvalue weighted by Gasteiger charge is 2.17.